The minimum Gasteiger partial charge on any atom is -0.481 e. The molecule has 0 spiro atoms. The van der Waals surface area contributed by atoms with Crippen LogP contribution in [0, 0.1) is 0 Å². The van der Waals surface area contributed by atoms with Crippen molar-refractivity contribution in [3.05, 3.63) is 11.9 Å². The van der Waals surface area contributed by atoms with Crippen LogP contribution in [-0.2, 0) is 22.5 Å². The van der Waals surface area contributed by atoms with Gasteiger partial charge in [0.1, 0.15) is 0 Å². The summed E-state index contributed by atoms with van der Waals surface area (Å²) in [5, 5.41) is 26.0. The second-order valence-corrected chi connectivity index (χ2v) is 4.35. The summed E-state index contributed by atoms with van der Waals surface area (Å²) < 4.78 is 6.69. The van der Waals surface area contributed by atoms with Crippen molar-refractivity contribution < 1.29 is 19.7 Å². The highest BCUT2D eigenvalue weighted by Gasteiger charge is 2.07. The summed E-state index contributed by atoms with van der Waals surface area (Å²) in [5.74, 6) is -0.775. The number of aliphatic hydroxyl groups is 1. The molecule has 1 aromatic heterocycles. The van der Waals surface area contributed by atoms with Gasteiger partial charge in [0.15, 0.2) is 0 Å². The molecule has 0 aliphatic heterocycles. The van der Waals surface area contributed by atoms with Crippen molar-refractivity contribution in [1.29, 1.82) is 0 Å². The summed E-state index contributed by atoms with van der Waals surface area (Å²) in [6.45, 7) is 3.08. The van der Waals surface area contributed by atoms with Crippen molar-refractivity contribution in [1.82, 2.24) is 15.0 Å². The highest BCUT2D eigenvalue weighted by molar-refractivity contribution is 5.66. The van der Waals surface area contributed by atoms with Gasteiger partial charge >= 0.3 is 5.97 Å². The van der Waals surface area contributed by atoms with E-state index in [-0.39, 0.29) is 13.0 Å². The van der Waals surface area contributed by atoms with Crippen LogP contribution in [0.25, 0.3) is 0 Å². The normalized spacial score (nSPS) is 12.5. The highest BCUT2D eigenvalue weighted by atomic mass is 16.5. The van der Waals surface area contributed by atoms with E-state index >= 15 is 0 Å². The molecule has 7 nitrogen and oxygen atoms in total. The van der Waals surface area contributed by atoms with E-state index in [4.69, 9.17) is 9.84 Å². The summed E-state index contributed by atoms with van der Waals surface area (Å²) in [6, 6.07) is 0. The summed E-state index contributed by atoms with van der Waals surface area (Å²) >= 11 is 0. The molecule has 0 saturated carbocycles. The Labute approximate surface area is 112 Å². The Morgan fingerprint density at radius 2 is 2.32 bits per heavy atom. The van der Waals surface area contributed by atoms with Gasteiger partial charge in [0.05, 0.1) is 24.9 Å². The minimum absolute atomic E-state index is 0.182. The van der Waals surface area contributed by atoms with Crippen molar-refractivity contribution in [2.24, 2.45) is 0 Å². The lowest BCUT2D eigenvalue weighted by molar-refractivity contribution is -0.137. The molecule has 0 amide bonds. The molecule has 0 aromatic carbocycles. The molecule has 0 aliphatic carbocycles. The summed E-state index contributed by atoms with van der Waals surface area (Å²) in [5.41, 5.74) is 0.814. The van der Waals surface area contributed by atoms with Gasteiger partial charge in [0.2, 0.25) is 0 Å². The molecule has 1 rings (SSSR count). The first-order chi connectivity index (χ1) is 9.11. The van der Waals surface area contributed by atoms with Crippen molar-refractivity contribution >= 4 is 5.97 Å². The predicted molar refractivity (Wildman–Crippen MR) is 67.7 cm³/mol. The first-order valence-electron chi connectivity index (χ1n) is 6.48. The average Bonchev–Trinajstić information content (AvgIpc) is 2.79. The first-order valence-corrected chi connectivity index (χ1v) is 6.48. The van der Waals surface area contributed by atoms with Crippen LogP contribution in [0.15, 0.2) is 6.20 Å². The maximum atomic E-state index is 10.4. The smallest absolute Gasteiger partial charge is 0.303 e. The fourth-order valence-electron chi connectivity index (χ4n) is 1.65. The molecular formula is C12H21N3O4. The van der Waals surface area contributed by atoms with E-state index in [2.05, 4.69) is 10.3 Å². The Balaban J connectivity index is 2.25. The second-order valence-electron chi connectivity index (χ2n) is 4.35. The van der Waals surface area contributed by atoms with Gasteiger partial charge < -0.3 is 14.9 Å². The van der Waals surface area contributed by atoms with Crippen molar-refractivity contribution in [2.75, 3.05) is 13.2 Å². The molecule has 108 valence electrons. The zero-order valence-corrected chi connectivity index (χ0v) is 11.2. The molecule has 7 heteroatoms. The van der Waals surface area contributed by atoms with Crippen LogP contribution in [0.2, 0.25) is 0 Å². The van der Waals surface area contributed by atoms with Crippen LogP contribution < -0.4 is 0 Å². The Hall–Kier alpha value is -1.47. The van der Waals surface area contributed by atoms with E-state index in [1.807, 2.05) is 6.92 Å². The third kappa shape index (κ3) is 6.88. The van der Waals surface area contributed by atoms with Crippen LogP contribution in [0.5, 0.6) is 0 Å². The number of carboxylic acids is 1. The zero-order chi connectivity index (χ0) is 14.1. The topological polar surface area (TPSA) is 97.5 Å². The third-order valence-electron chi connectivity index (χ3n) is 2.57. The Kier molecular flexibility index (Phi) is 7.06. The number of aliphatic hydroxyl groups excluding tert-OH is 1. The van der Waals surface area contributed by atoms with Gasteiger partial charge in [-0.1, -0.05) is 5.21 Å². The molecule has 0 aliphatic rings. The highest BCUT2D eigenvalue weighted by Crippen LogP contribution is 2.04. The molecular weight excluding hydrogens is 250 g/mol. The number of ether oxygens (including phenoxy) is 1. The monoisotopic (exact) mass is 271 g/mol. The summed E-state index contributed by atoms with van der Waals surface area (Å²) in [6.07, 6.45) is 3.47. The fraction of sp³-hybridized carbons (Fsp3) is 0.750. The van der Waals surface area contributed by atoms with Crippen molar-refractivity contribution in [2.45, 2.75) is 45.3 Å². The summed E-state index contributed by atoms with van der Waals surface area (Å²) in [4.78, 5) is 10.4. The summed E-state index contributed by atoms with van der Waals surface area (Å²) in [7, 11) is 0. The SMILES string of the molecule is CCOCC(O)Cn1cc(CCCCC(=O)O)nn1. The van der Waals surface area contributed by atoms with Gasteiger partial charge in [0.25, 0.3) is 0 Å². The standard InChI is InChI=1S/C12H21N3O4/c1-2-19-9-11(16)8-15-7-10(13-14-15)5-3-4-6-12(17)18/h7,11,16H,2-6,8-9H2,1H3,(H,17,18). The van der Waals surface area contributed by atoms with E-state index in [1.54, 1.807) is 10.9 Å². The predicted octanol–water partition coefficient (Wildman–Crippen LogP) is 0.473. The molecule has 1 unspecified atom stereocenters. The van der Waals surface area contributed by atoms with Crippen LogP contribution >= 0.6 is 0 Å². The van der Waals surface area contributed by atoms with E-state index in [9.17, 15) is 9.90 Å². The number of aryl methyl sites for hydroxylation is 1. The molecule has 0 fully saturated rings. The molecule has 0 radical (unpaired) electrons. The fourth-order valence-corrected chi connectivity index (χ4v) is 1.65. The van der Waals surface area contributed by atoms with Crippen LogP contribution in [0.1, 0.15) is 31.9 Å². The number of rotatable bonds is 10. The number of nitrogens with zero attached hydrogens (tertiary/aromatic N) is 3. The van der Waals surface area contributed by atoms with Gasteiger partial charge in [-0.3, -0.25) is 4.79 Å². The Morgan fingerprint density at radius 1 is 1.53 bits per heavy atom. The largest absolute Gasteiger partial charge is 0.481 e. The molecule has 2 N–H and O–H groups in total. The van der Waals surface area contributed by atoms with E-state index < -0.39 is 12.1 Å². The minimum atomic E-state index is -0.775. The van der Waals surface area contributed by atoms with Gasteiger partial charge in [-0.15, -0.1) is 5.10 Å². The molecule has 1 atom stereocenters. The second kappa shape index (κ2) is 8.60. The molecule has 1 aromatic rings. The number of carbonyl (C=O) groups is 1. The molecule has 0 saturated heterocycles. The van der Waals surface area contributed by atoms with Gasteiger partial charge in [-0.05, 0) is 26.2 Å². The lowest BCUT2D eigenvalue weighted by Gasteiger charge is -2.09. The molecule has 19 heavy (non-hydrogen) atoms. The van der Waals surface area contributed by atoms with Crippen LogP contribution in [0.3, 0.4) is 0 Å². The average molecular weight is 271 g/mol. The Morgan fingerprint density at radius 3 is 3.00 bits per heavy atom. The van der Waals surface area contributed by atoms with Gasteiger partial charge in [-0.2, -0.15) is 0 Å². The number of aromatic nitrogens is 3. The maximum absolute atomic E-state index is 10.4. The number of carboxylic acid groups (broad SMARTS) is 1. The lowest BCUT2D eigenvalue weighted by atomic mass is 10.1. The number of hydrogen-bond donors (Lipinski definition) is 2. The van der Waals surface area contributed by atoms with Crippen molar-refractivity contribution in [3.8, 4) is 0 Å². The maximum Gasteiger partial charge on any atom is 0.303 e. The lowest BCUT2D eigenvalue weighted by Crippen LogP contribution is -2.22. The first kappa shape index (κ1) is 15.6. The number of hydrogen-bond acceptors (Lipinski definition) is 5. The number of unbranched alkanes of at least 4 members (excludes halogenated alkanes) is 1. The molecule has 1 heterocycles. The van der Waals surface area contributed by atoms with Gasteiger partial charge in [-0.25, -0.2) is 4.68 Å². The van der Waals surface area contributed by atoms with Crippen molar-refractivity contribution in [3.63, 3.8) is 0 Å². The zero-order valence-electron chi connectivity index (χ0n) is 11.2. The quantitative estimate of drug-likeness (QED) is 0.600. The third-order valence-corrected chi connectivity index (χ3v) is 2.57. The molecule has 0 bridgehead atoms. The van der Waals surface area contributed by atoms with E-state index in [0.29, 0.717) is 26.0 Å². The number of aliphatic carboxylic acids is 1. The van der Waals surface area contributed by atoms with Crippen LogP contribution in [-0.4, -0.2) is 50.5 Å². The van der Waals surface area contributed by atoms with E-state index in [0.717, 1.165) is 12.1 Å². The Bertz CT molecular complexity index is 381. The van der Waals surface area contributed by atoms with Crippen LogP contribution in [0.4, 0.5) is 0 Å². The van der Waals surface area contributed by atoms with E-state index in [1.165, 1.54) is 0 Å². The van der Waals surface area contributed by atoms with Gasteiger partial charge in [0, 0.05) is 19.2 Å².